The minimum absolute atomic E-state index is 0.912. The van der Waals surface area contributed by atoms with E-state index in [1.54, 1.807) is 0 Å². The van der Waals surface area contributed by atoms with Crippen LogP contribution in [-0.2, 0) is 0 Å². The predicted octanol–water partition coefficient (Wildman–Crippen LogP) is 11.7. The summed E-state index contributed by atoms with van der Waals surface area (Å²) in [7, 11) is 0. The smallest absolute Gasteiger partial charge is 0.135 e. The molecule has 0 fully saturated rings. The maximum atomic E-state index is 6.40. The van der Waals surface area contributed by atoms with Crippen molar-refractivity contribution in [3.8, 4) is 39.4 Å². The molecule has 0 unspecified atom stereocenters. The van der Waals surface area contributed by atoms with Crippen molar-refractivity contribution in [2.75, 3.05) is 0 Å². The second kappa shape index (κ2) is 8.82. The van der Waals surface area contributed by atoms with E-state index in [2.05, 4.69) is 150 Å². The van der Waals surface area contributed by atoms with E-state index < -0.39 is 0 Å². The molecule has 0 saturated carbocycles. The van der Waals surface area contributed by atoms with Gasteiger partial charge in [-0.3, -0.25) is 0 Å². The Morgan fingerprint density at radius 2 is 1.14 bits per heavy atom. The third kappa shape index (κ3) is 3.25. The number of rotatable bonds is 2. The molecule has 204 valence electrons. The van der Waals surface area contributed by atoms with Crippen molar-refractivity contribution in [2.45, 2.75) is 0 Å². The molecular weight excluding hydrogens is 534 g/mol. The number of hydrogen-bond acceptors (Lipinski definition) is 1. The van der Waals surface area contributed by atoms with E-state index in [-0.39, 0.29) is 0 Å². The van der Waals surface area contributed by atoms with Gasteiger partial charge in [-0.25, -0.2) is 0 Å². The highest BCUT2D eigenvalue weighted by molar-refractivity contribution is 6.22. The van der Waals surface area contributed by atoms with Crippen LogP contribution >= 0.6 is 0 Å². The van der Waals surface area contributed by atoms with Crippen LogP contribution in [0.25, 0.3) is 82.1 Å². The number of para-hydroxylation sites is 1. The lowest BCUT2D eigenvalue weighted by atomic mass is 9.90. The van der Waals surface area contributed by atoms with Gasteiger partial charge in [-0.2, -0.15) is 0 Å². The molecule has 0 saturated heterocycles. The first-order valence-electron chi connectivity index (χ1n) is 15.1. The number of ether oxygens (including phenoxy) is 1. The predicted molar refractivity (Wildman–Crippen MR) is 184 cm³/mol. The largest absolute Gasteiger partial charge is 0.456 e. The fourth-order valence-corrected chi connectivity index (χ4v) is 7.38. The molecule has 2 heteroatoms. The summed E-state index contributed by atoms with van der Waals surface area (Å²) in [6, 6.07) is 54.9. The third-order valence-corrected chi connectivity index (χ3v) is 9.36. The molecule has 1 aliphatic rings. The molecule has 44 heavy (non-hydrogen) atoms. The molecule has 0 atom stereocenters. The highest BCUT2D eigenvalue weighted by atomic mass is 16.5. The van der Waals surface area contributed by atoms with E-state index in [1.807, 2.05) is 6.07 Å². The summed E-state index contributed by atoms with van der Waals surface area (Å²) in [5, 5.41) is 9.93. The lowest BCUT2D eigenvalue weighted by Crippen LogP contribution is -1.97. The van der Waals surface area contributed by atoms with E-state index in [4.69, 9.17) is 4.74 Å². The van der Waals surface area contributed by atoms with Crippen molar-refractivity contribution in [1.82, 2.24) is 4.57 Å². The molecule has 0 amide bonds. The first-order valence-corrected chi connectivity index (χ1v) is 15.1. The average Bonchev–Trinajstić information content (AvgIpc) is 3.42. The summed E-state index contributed by atoms with van der Waals surface area (Å²) >= 11 is 0. The van der Waals surface area contributed by atoms with Gasteiger partial charge in [0.2, 0.25) is 0 Å². The molecular formula is C42H25NO. The van der Waals surface area contributed by atoms with Crippen LogP contribution in [0.5, 0.6) is 11.5 Å². The second-order valence-electron chi connectivity index (χ2n) is 11.7. The molecule has 0 aliphatic carbocycles. The van der Waals surface area contributed by atoms with Crippen molar-refractivity contribution in [3.63, 3.8) is 0 Å². The zero-order valence-corrected chi connectivity index (χ0v) is 23.8. The van der Waals surface area contributed by atoms with Gasteiger partial charge in [-0.1, -0.05) is 109 Å². The summed E-state index contributed by atoms with van der Waals surface area (Å²) in [5.74, 6) is 1.83. The average molecular weight is 560 g/mol. The van der Waals surface area contributed by atoms with Gasteiger partial charge in [0.1, 0.15) is 11.5 Å². The quantitative estimate of drug-likeness (QED) is 0.205. The number of nitrogens with zero attached hydrogens (tertiary/aromatic N) is 1. The van der Waals surface area contributed by atoms with Gasteiger partial charge in [0.15, 0.2) is 0 Å². The fourth-order valence-electron chi connectivity index (χ4n) is 7.38. The number of fused-ring (bicyclic) bond motifs is 8. The van der Waals surface area contributed by atoms with E-state index in [0.29, 0.717) is 0 Å². The van der Waals surface area contributed by atoms with Crippen LogP contribution in [0, 0.1) is 0 Å². The van der Waals surface area contributed by atoms with Crippen LogP contribution in [0.2, 0.25) is 0 Å². The highest BCUT2D eigenvalue weighted by Crippen LogP contribution is 2.49. The normalized spacial score (nSPS) is 12.3. The number of benzene rings is 8. The lowest BCUT2D eigenvalue weighted by Gasteiger charge is -2.22. The standard InChI is InChI=1S/C42H25NO/c1-2-10-28-24-30(19-16-26(28)8-1)43-37-21-18-29(25-36(37)41-32-11-4-3-9-27(32)17-22-38(41)43)31-20-23-40-42-34(31)13-7-14-35(42)33-12-5-6-15-39(33)44-40/h1-25H. The molecule has 0 bridgehead atoms. The Hall–Kier alpha value is -5.86. The van der Waals surface area contributed by atoms with Crippen molar-refractivity contribution in [3.05, 3.63) is 152 Å². The van der Waals surface area contributed by atoms with Crippen molar-refractivity contribution < 1.29 is 4.74 Å². The topological polar surface area (TPSA) is 14.2 Å². The van der Waals surface area contributed by atoms with Gasteiger partial charge < -0.3 is 9.30 Å². The van der Waals surface area contributed by atoms with Crippen molar-refractivity contribution >= 4 is 54.1 Å². The Bertz CT molecular complexity index is 2640. The Balaban J connectivity index is 1.27. The minimum Gasteiger partial charge on any atom is -0.456 e. The van der Waals surface area contributed by atoms with Crippen LogP contribution in [0.15, 0.2) is 152 Å². The molecule has 9 aromatic rings. The molecule has 2 heterocycles. The highest BCUT2D eigenvalue weighted by Gasteiger charge is 2.22. The van der Waals surface area contributed by atoms with Gasteiger partial charge in [0, 0.05) is 27.4 Å². The summed E-state index contributed by atoms with van der Waals surface area (Å²) in [6.45, 7) is 0. The molecule has 2 nitrogen and oxygen atoms in total. The zero-order valence-electron chi connectivity index (χ0n) is 23.8. The Morgan fingerprint density at radius 1 is 0.386 bits per heavy atom. The fraction of sp³-hybridized carbons (Fsp3) is 0. The lowest BCUT2D eigenvalue weighted by molar-refractivity contribution is 0.487. The monoisotopic (exact) mass is 559 g/mol. The summed E-state index contributed by atoms with van der Waals surface area (Å²) in [5.41, 5.74) is 8.37. The number of aromatic nitrogens is 1. The Kier molecular flexibility index (Phi) is 4.75. The van der Waals surface area contributed by atoms with Gasteiger partial charge in [0.25, 0.3) is 0 Å². The van der Waals surface area contributed by atoms with Gasteiger partial charge in [-0.05, 0) is 86.1 Å². The molecule has 0 N–H and O–H groups in total. The third-order valence-electron chi connectivity index (χ3n) is 9.36. The Labute approximate surface area is 254 Å². The molecule has 1 aromatic heterocycles. The van der Waals surface area contributed by atoms with E-state index in [0.717, 1.165) is 17.1 Å². The molecule has 1 aliphatic heterocycles. The summed E-state index contributed by atoms with van der Waals surface area (Å²) in [6.07, 6.45) is 0. The summed E-state index contributed by atoms with van der Waals surface area (Å²) < 4.78 is 8.82. The zero-order chi connectivity index (χ0) is 28.8. The maximum absolute atomic E-state index is 6.40. The summed E-state index contributed by atoms with van der Waals surface area (Å²) in [4.78, 5) is 0. The van der Waals surface area contributed by atoms with Crippen molar-refractivity contribution in [1.29, 1.82) is 0 Å². The SMILES string of the molecule is c1ccc2c(c1)Oc1ccc(-c3ccc4c(c3)c3c5ccccc5ccc3n4-c3ccc4ccccc4c3)c3cccc-2c13. The number of hydrogen-bond donors (Lipinski definition) is 0. The maximum Gasteiger partial charge on any atom is 0.135 e. The Morgan fingerprint density at radius 3 is 2.09 bits per heavy atom. The van der Waals surface area contributed by atoms with Crippen molar-refractivity contribution in [2.24, 2.45) is 0 Å². The molecule has 0 radical (unpaired) electrons. The first kappa shape index (κ1) is 23.7. The molecule has 0 spiro atoms. The van der Waals surface area contributed by atoms with Crippen LogP contribution in [0.3, 0.4) is 0 Å². The van der Waals surface area contributed by atoms with E-state index >= 15 is 0 Å². The van der Waals surface area contributed by atoms with Crippen LogP contribution < -0.4 is 4.74 Å². The van der Waals surface area contributed by atoms with Gasteiger partial charge in [0.05, 0.1) is 11.0 Å². The van der Waals surface area contributed by atoms with E-state index in [9.17, 15) is 0 Å². The van der Waals surface area contributed by atoms with Gasteiger partial charge in [-0.15, -0.1) is 0 Å². The van der Waals surface area contributed by atoms with Crippen LogP contribution in [-0.4, -0.2) is 4.57 Å². The molecule has 8 aromatic carbocycles. The second-order valence-corrected chi connectivity index (χ2v) is 11.7. The van der Waals surface area contributed by atoms with Gasteiger partial charge >= 0.3 is 0 Å². The first-order chi connectivity index (χ1) is 21.8. The van der Waals surface area contributed by atoms with E-state index in [1.165, 1.54) is 76.5 Å². The van der Waals surface area contributed by atoms with Crippen LogP contribution in [0.4, 0.5) is 0 Å². The minimum atomic E-state index is 0.912. The molecule has 10 rings (SSSR count). The van der Waals surface area contributed by atoms with Crippen LogP contribution in [0.1, 0.15) is 0 Å².